The molecule has 1 aliphatic rings. The van der Waals surface area contributed by atoms with Gasteiger partial charge in [-0.3, -0.25) is 4.99 Å². The molecule has 0 aliphatic carbocycles. The van der Waals surface area contributed by atoms with Gasteiger partial charge in [-0.2, -0.15) is 0 Å². The molecule has 0 atom stereocenters. The molecule has 0 N–H and O–H groups in total. The van der Waals surface area contributed by atoms with Crippen LogP contribution in [0.3, 0.4) is 0 Å². The highest BCUT2D eigenvalue weighted by Gasteiger charge is 2.13. The van der Waals surface area contributed by atoms with Crippen LogP contribution < -0.4 is 4.90 Å². The van der Waals surface area contributed by atoms with E-state index in [0.29, 0.717) is 0 Å². The number of likely N-dealkylation sites (N-methyl/N-ethyl adjacent to an activating group) is 1. The molecular weight excluding hydrogens is 292 g/mol. The van der Waals surface area contributed by atoms with Crippen molar-refractivity contribution in [3.63, 3.8) is 0 Å². The van der Waals surface area contributed by atoms with Gasteiger partial charge in [-0.25, -0.2) is 0 Å². The number of para-hydroxylation sites is 1. The van der Waals surface area contributed by atoms with Gasteiger partial charge in [-0.15, -0.1) is 0 Å². The maximum atomic E-state index is 6.19. The molecule has 2 aromatic rings. The fraction of sp³-hybridized carbons (Fsp3) is 0.211. The molecular formula is C19H19ClN2. The van der Waals surface area contributed by atoms with E-state index in [9.17, 15) is 0 Å². The summed E-state index contributed by atoms with van der Waals surface area (Å²) in [7, 11) is 2.11. The molecule has 0 bridgehead atoms. The third-order valence-corrected chi connectivity index (χ3v) is 4.35. The number of fused-ring (bicyclic) bond motifs is 1. The Morgan fingerprint density at radius 1 is 1.14 bits per heavy atom. The first-order valence-corrected chi connectivity index (χ1v) is 7.82. The van der Waals surface area contributed by atoms with Gasteiger partial charge in [0, 0.05) is 29.9 Å². The lowest BCUT2D eigenvalue weighted by Crippen LogP contribution is -2.20. The Hall–Kier alpha value is -2.06. The van der Waals surface area contributed by atoms with Crippen LogP contribution in [0.2, 0.25) is 5.02 Å². The summed E-state index contributed by atoms with van der Waals surface area (Å²) in [5.74, 6) is 0. The zero-order chi connectivity index (χ0) is 15.5. The number of hydrogen-bond acceptors (Lipinski definition) is 2. The van der Waals surface area contributed by atoms with Crippen molar-refractivity contribution in [3.05, 3.63) is 70.3 Å². The molecule has 0 amide bonds. The van der Waals surface area contributed by atoms with E-state index in [2.05, 4.69) is 54.4 Å². The molecule has 2 nitrogen and oxygen atoms in total. The molecule has 112 valence electrons. The van der Waals surface area contributed by atoms with Crippen LogP contribution in [0.4, 0.5) is 5.69 Å². The molecule has 0 unspecified atom stereocenters. The number of aliphatic imine (C=N–C) groups is 1. The van der Waals surface area contributed by atoms with E-state index >= 15 is 0 Å². The summed E-state index contributed by atoms with van der Waals surface area (Å²) in [5, 5.41) is 0.796. The predicted molar refractivity (Wildman–Crippen MR) is 96.3 cm³/mol. The van der Waals surface area contributed by atoms with Crippen LogP contribution in [0, 0.1) is 6.92 Å². The number of benzene rings is 2. The number of allylic oxidation sites excluding steroid dienone is 1. The minimum Gasteiger partial charge on any atom is -0.372 e. The SMILES string of the molecule is Cc1ccc(/C=C/C2=NCCN(C)c3ccccc32)cc1Cl. The van der Waals surface area contributed by atoms with Crippen LogP contribution in [0.1, 0.15) is 16.7 Å². The third kappa shape index (κ3) is 3.07. The van der Waals surface area contributed by atoms with Crippen molar-refractivity contribution in [1.82, 2.24) is 0 Å². The molecule has 0 saturated heterocycles. The topological polar surface area (TPSA) is 15.6 Å². The Kier molecular flexibility index (Phi) is 4.30. The minimum atomic E-state index is 0.796. The molecule has 0 spiro atoms. The van der Waals surface area contributed by atoms with E-state index in [0.717, 1.165) is 35.0 Å². The highest BCUT2D eigenvalue weighted by molar-refractivity contribution is 6.31. The zero-order valence-electron chi connectivity index (χ0n) is 12.9. The highest BCUT2D eigenvalue weighted by atomic mass is 35.5. The van der Waals surface area contributed by atoms with E-state index < -0.39 is 0 Å². The van der Waals surface area contributed by atoms with Crippen molar-refractivity contribution in [2.45, 2.75) is 6.92 Å². The van der Waals surface area contributed by atoms with Crippen molar-refractivity contribution in [2.24, 2.45) is 4.99 Å². The first-order valence-electron chi connectivity index (χ1n) is 7.44. The Labute approximate surface area is 136 Å². The molecule has 3 rings (SSSR count). The second-order valence-corrected chi connectivity index (χ2v) is 5.95. The predicted octanol–water partition coefficient (Wildman–Crippen LogP) is 4.60. The maximum Gasteiger partial charge on any atom is 0.0668 e. The molecule has 0 aromatic heterocycles. The van der Waals surface area contributed by atoms with Crippen LogP contribution >= 0.6 is 11.6 Å². The van der Waals surface area contributed by atoms with Gasteiger partial charge in [0.05, 0.1) is 12.3 Å². The first kappa shape index (κ1) is 14.9. The second kappa shape index (κ2) is 6.37. The minimum absolute atomic E-state index is 0.796. The Morgan fingerprint density at radius 2 is 1.95 bits per heavy atom. The van der Waals surface area contributed by atoms with E-state index in [4.69, 9.17) is 16.6 Å². The van der Waals surface area contributed by atoms with Crippen molar-refractivity contribution in [3.8, 4) is 0 Å². The van der Waals surface area contributed by atoms with Crippen molar-refractivity contribution in [2.75, 3.05) is 25.0 Å². The third-order valence-electron chi connectivity index (χ3n) is 3.94. The van der Waals surface area contributed by atoms with Gasteiger partial charge in [0.15, 0.2) is 0 Å². The van der Waals surface area contributed by atoms with Crippen molar-refractivity contribution < 1.29 is 0 Å². The molecule has 0 fully saturated rings. The van der Waals surface area contributed by atoms with Gasteiger partial charge in [0.2, 0.25) is 0 Å². The van der Waals surface area contributed by atoms with Crippen LogP contribution in [0.15, 0.2) is 53.5 Å². The standard InChI is InChI=1S/C19H19ClN2/c1-14-7-8-15(13-17(14)20)9-10-18-16-5-3-4-6-19(16)22(2)12-11-21-18/h3-10,13H,11-12H2,1-2H3/b10-9+. The van der Waals surface area contributed by atoms with Crippen LogP contribution in [0.5, 0.6) is 0 Å². The fourth-order valence-electron chi connectivity index (χ4n) is 2.58. The monoisotopic (exact) mass is 310 g/mol. The molecule has 3 heteroatoms. The summed E-state index contributed by atoms with van der Waals surface area (Å²) in [6.07, 6.45) is 4.16. The van der Waals surface area contributed by atoms with E-state index in [1.807, 2.05) is 19.1 Å². The van der Waals surface area contributed by atoms with Crippen molar-refractivity contribution in [1.29, 1.82) is 0 Å². The largest absolute Gasteiger partial charge is 0.372 e. The normalized spacial score (nSPS) is 14.7. The van der Waals surface area contributed by atoms with Crippen molar-refractivity contribution >= 4 is 29.1 Å². The number of nitrogens with zero attached hydrogens (tertiary/aromatic N) is 2. The molecule has 0 radical (unpaired) electrons. The molecule has 1 aliphatic heterocycles. The summed E-state index contributed by atoms with van der Waals surface area (Å²) >= 11 is 6.19. The van der Waals surface area contributed by atoms with Gasteiger partial charge in [-0.05, 0) is 36.3 Å². The molecule has 2 aromatic carbocycles. The van der Waals surface area contributed by atoms with Gasteiger partial charge >= 0.3 is 0 Å². The van der Waals surface area contributed by atoms with E-state index in [1.165, 1.54) is 11.3 Å². The molecule has 0 saturated carbocycles. The van der Waals surface area contributed by atoms with Gasteiger partial charge in [-0.1, -0.05) is 48.0 Å². The number of rotatable bonds is 2. The average Bonchev–Trinajstić information content (AvgIpc) is 2.68. The quantitative estimate of drug-likeness (QED) is 0.791. The van der Waals surface area contributed by atoms with Gasteiger partial charge < -0.3 is 4.90 Å². The Bertz CT molecular complexity index is 747. The highest BCUT2D eigenvalue weighted by Crippen LogP contribution is 2.23. The number of hydrogen-bond donors (Lipinski definition) is 0. The summed E-state index contributed by atoms with van der Waals surface area (Å²) in [5.41, 5.74) is 5.62. The Balaban J connectivity index is 1.94. The lowest BCUT2D eigenvalue weighted by Gasteiger charge is -2.18. The lowest BCUT2D eigenvalue weighted by molar-refractivity contribution is 0.897. The summed E-state index contributed by atoms with van der Waals surface area (Å²) in [6.45, 7) is 3.75. The van der Waals surface area contributed by atoms with Crippen LogP contribution in [-0.4, -0.2) is 25.8 Å². The first-order chi connectivity index (χ1) is 10.6. The lowest BCUT2D eigenvalue weighted by atomic mass is 10.1. The van der Waals surface area contributed by atoms with Crippen LogP contribution in [0.25, 0.3) is 6.08 Å². The number of aryl methyl sites for hydroxylation is 1. The number of halogens is 1. The van der Waals surface area contributed by atoms with Crippen LogP contribution in [-0.2, 0) is 0 Å². The van der Waals surface area contributed by atoms with Gasteiger partial charge in [0.25, 0.3) is 0 Å². The number of benzodiazepines with no additional fused rings is 1. The zero-order valence-corrected chi connectivity index (χ0v) is 13.6. The van der Waals surface area contributed by atoms with E-state index in [1.54, 1.807) is 0 Å². The Morgan fingerprint density at radius 3 is 2.77 bits per heavy atom. The summed E-state index contributed by atoms with van der Waals surface area (Å²) < 4.78 is 0. The molecule has 22 heavy (non-hydrogen) atoms. The second-order valence-electron chi connectivity index (χ2n) is 5.55. The maximum absolute atomic E-state index is 6.19. The smallest absolute Gasteiger partial charge is 0.0668 e. The molecule has 1 heterocycles. The van der Waals surface area contributed by atoms with E-state index in [-0.39, 0.29) is 0 Å². The number of anilines is 1. The van der Waals surface area contributed by atoms with Gasteiger partial charge in [0.1, 0.15) is 0 Å². The fourth-order valence-corrected chi connectivity index (χ4v) is 2.77. The summed E-state index contributed by atoms with van der Waals surface area (Å²) in [4.78, 5) is 6.98. The summed E-state index contributed by atoms with van der Waals surface area (Å²) in [6, 6.07) is 14.5. The average molecular weight is 311 g/mol.